The molecule has 0 saturated carbocycles. The van der Waals surface area contributed by atoms with E-state index in [0.717, 1.165) is 24.3 Å². The zero-order valence-electron chi connectivity index (χ0n) is 13.9. The summed E-state index contributed by atoms with van der Waals surface area (Å²) < 4.78 is 5.18. The largest absolute Gasteiger partial charge is 0.497 e. The summed E-state index contributed by atoms with van der Waals surface area (Å²) in [6.07, 6.45) is 3.30. The molecule has 1 unspecified atom stereocenters. The molecule has 2 aromatic carbocycles. The van der Waals surface area contributed by atoms with Gasteiger partial charge in [-0.15, -0.1) is 0 Å². The van der Waals surface area contributed by atoms with Gasteiger partial charge in [-0.2, -0.15) is 0 Å². The van der Waals surface area contributed by atoms with Crippen LogP contribution in [-0.2, 0) is 11.2 Å². The van der Waals surface area contributed by atoms with Crippen LogP contribution in [0.4, 0.5) is 5.69 Å². The summed E-state index contributed by atoms with van der Waals surface area (Å²) in [5, 5.41) is 3.38. The fraction of sp³-hybridized carbons (Fsp3) is 0.350. The number of benzene rings is 2. The summed E-state index contributed by atoms with van der Waals surface area (Å²) in [6, 6.07) is 17.6. The minimum Gasteiger partial charge on any atom is -0.497 e. The summed E-state index contributed by atoms with van der Waals surface area (Å²) >= 11 is 0. The van der Waals surface area contributed by atoms with Gasteiger partial charge in [-0.05, 0) is 42.7 Å². The van der Waals surface area contributed by atoms with Gasteiger partial charge in [-0.25, -0.2) is 0 Å². The molecule has 0 bridgehead atoms. The predicted molar refractivity (Wildman–Crippen MR) is 95.1 cm³/mol. The van der Waals surface area contributed by atoms with Crippen molar-refractivity contribution in [3.8, 4) is 5.75 Å². The van der Waals surface area contributed by atoms with E-state index in [4.69, 9.17) is 4.74 Å². The highest BCUT2D eigenvalue weighted by Crippen LogP contribution is 2.18. The molecule has 0 fully saturated rings. The van der Waals surface area contributed by atoms with Crippen LogP contribution in [0.5, 0.6) is 5.75 Å². The van der Waals surface area contributed by atoms with Crippen LogP contribution < -0.4 is 10.1 Å². The minimum atomic E-state index is -0.197. The van der Waals surface area contributed by atoms with E-state index in [9.17, 15) is 4.79 Å². The standard InChI is InChI=1S/C20H25NO2/c1-3-4-10-20(22)19(15-16-8-6-5-7-9-16)21-17-11-13-18(23-2)14-12-17/h5-9,11-14,19,21H,3-4,10,15H2,1-2H3. The molecule has 0 radical (unpaired) electrons. The molecule has 0 saturated heterocycles. The maximum Gasteiger partial charge on any atom is 0.155 e. The van der Waals surface area contributed by atoms with Crippen molar-refractivity contribution in [2.45, 2.75) is 38.6 Å². The first-order valence-electron chi connectivity index (χ1n) is 8.20. The van der Waals surface area contributed by atoms with Gasteiger partial charge in [0.05, 0.1) is 13.2 Å². The number of rotatable bonds is 9. The topological polar surface area (TPSA) is 38.3 Å². The van der Waals surface area contributed by atoms with Gasteiger partial charge >= 0.3 is 0 Å². The molecule has 3 nitrogen and oxygen atoms in total. The number of hydrogen-bond donors (Lipinski definition) is 1. The SMILES string of the molecule is CCCCC(=O)C(Cc1ccccc1)Nc1ccc(OC)cc1. The lowest BCUT2D eigenvalue weighted by Gasteiger charge is -2.19. The van der Waals surface area contributed by atoms with Crippen molar-refractivity contribution < 1.29 is 9.53 Å². The Morgan fingerprint density at radius 1 is 1.09 bits per heavy atom. The van der Waals surface area contributed by atoms with Crippen LogP contribution in [0, 0.1) is 0 Å². The monoisotopic (exact) mass is 311 g/mol. The third-order valence-corrected chi connectivity index (χ3v) is 3.88. The molecule has 0 heterocycles. The molecule has 0 spiro atoms. The Hall–Kier alpha value is -2.29. The van der Waals surface area contributed by atoms with Crippen molar-refractivity contribution in [2.24, 2.45) is 0 Å². The summed E-state index contributed by atoms with van der Waals surface area (Å²) in [5.74, 6) is 1.08. The lowest BCUT2D eigenvalue weighted by molar-refractivity contribution is -0.119. The molecular formula is C20H25NO2. The van der Waals surface area contributed by atoms with Crippen molar-refractivity contribution in [3.63, 3.8) is 0 Å². The van der Waals surface area contributed by atoms with Crippen LogP contribution in [0.25, 0.3) is 0 Å². The van der Waals surface area contributed by atoms with Gasteiger partial charge in [0.15, 0.2) is 5.78 Å². The smallest absolute Gasteiger partial charge is 0.155 e. The van der Waals surface area contributed by atoms with Crippen molar-refractivity contribution in [1.82, 2.24) is 0 Å². The average Bonchev–Trinajstić information content (AvgIpc) is 2.60. The highest BCUT2D eigenvalue weighted by molar-refractivity contribution is 5.87. The number of ether oxygens (including phenoxy) is 1. The van der Waals surface area contributed by atoms with E-state index in [2.05, 4.69) is 24.4 Å². The Morgan fingerprint density at radius 3 is 2.39 bits per heavy atom. The van der Waals surface area contributed by atoms with Crippen molar-refractivity contribution in [3.05, 3.63) is 60.2 Å². The predicted octanol–water partition coefficient (Wildman–Crippen LogP) is 4.48. The van der Waals surface area contributed by atoms with Crippen molar-refractivity contribution in [2.75, 3.05) is 12.4 Å². The van der Waals surface area contributed by atoms with Crippen LogP contribution in [0.3, 0.4) is 0 Å². The van der Waals surface area contributed by atoms with E-state index < -0.39 is 0 Å². The molecule has 0 aromatic heterocycles. The zero-order valence-corrected chi connectivity index (χ0v) is 13.9. The molecule has 1 N–H and O–H groups in total. The molecule has 2 rings (SSSR count). The number of ketones is 1. The first-order chi connectivity index (χ1) is 11.2. The highest BCUT2D eigenvalue weighted by Gasteiger charge is 2.18. The second kappa shape index (κ2) is 8.99. The number of anilines is 1. The van der Waals surface area contributed by atoms with Crippen LogP contribution in [0.1, 0.15) is 31.7 Å². The second-order valence-electron chi connectivity index (χ2n) is 5.69. The third-order valence-electron chi connectivity index (χ3n) is 3.88. The number of hydrogen-bond acceptors (Lipinski definition) is 3. The first-order valence-corrected chi connectivity index (χ1v) is 8.20. The van der Waals surface area contributed by atoms with Crippen LogP contribution in [0.2, 0.25) is 0 Å². The van der Waals surface area contributed by atoms with Gasteiger partial charge in [-0.1, -0.05) is 43.7 Å². The van der Waals surface area contributed by atoms with Crippen molar-refractivity contribution in [1.29, 1.82) is 0 Å². The van der Waals surface area contributed by atoms with E-state index in [1.807, 2.05) is 42.5 Å². The molecule has 2 aromatic rings. The number of carbonyl (C=O) groups is 1. The van der Waals surface area contributed by atoms with E-state index in [0.29, 0.717) is 12.8 Å². The maximum atomic E-state index is 12.5. The van der Waals surface area contributed by atoms with E-state index in [1.165, 1.54) is 5.56 Å². The average molecular weight is 311 g/mol. The number of Topliss-reactive ketones (excluding diaryl/α,β-unsaturated/α-hetero) is 1. The van der Waals surface area contributed by atoms with Gasteiger partial charge in [0, 0.05) is 12.1 Å². The number of methoxy groups -OCH3 is 1. The summed E-state index contributed by atoms with van der Waals surface area (Å²) in [5.41, 5.74) is 2.11. The van der Waals surface area contributed by atoms with Gasteiger partial charge in [-0.3, -0.25) is 4.79 Å². The lowest BCUT2D eigenvalue weighted by Crippen LogP contribution is -2.31. The number of nitrogens with one attached hydrogen (secondary N) is 1. The highest BCUT2D eigenvalue weighted by atomic mass is 16.5. The fourth-order valence-electron chi connectivity index (χ4n) is 2.51. The van der Waals surface area contributed by atoms with Gasteiger partial charge in [0.25, 0.3) is 0 Å². The Kier molecular flexibility index (Phi) is 6.67. The van der Waals surface area contributed by atoms with Gasteiger partial charge < -0.3 is 10.1 Å². The molecule has 0 aliphatic heterocycles. The number of unbranched alkanes of at least 4 members (excludes halogenated alkanes) is 1. The van der Waals surface area contributed by atoms with E-state index in [1.54, 1.807) is 7.11 Å². The van der Waals surface area contributed by atoms with Gasteiger partial charge in [0.2, 0.25) is 0 Å². The molecule has 1 atom stereocenters. The van der Waals surface area contributed by atoms with Gasteiger partial charge in [0.1, 0.15) is 5.75 Å². The Labute approximate surface area is 138 Å². The summed E-state index contributed by atoms with van der Waals surface area (Å²) in [4.78, 5) is 12.5. The maximum absolute atomic E-state index is 12.5. The van der Waals surface area contributed by atoms with Crippen molar-refractivity contribution >= 4 is 11.5 Å². The lowest BCUT2D eigenvalue weighted by atomic mass is 9.99. The number of carbonyl (C=O) groups excluding carboxylic acids is 1. The minimum absolute atomic E-state index is 0.197. The van der Waals surface area contributed by atoms with E-state index in [-0.39, 0.29) is 11.8 Å². The molecule has 23 heavy (non-hydrogen) atoms. The normalized spacial score (nSPS) is 11.7. The summed E-state index contributed by atoms with van der Waals surface area (Å²) in [7, 11) is 1.65. The molecular weight excluding hydrogens is 286 g/mol. The van der Waals surface area contributed by atoms with Crippen LogP contribution >= 0.6 is 0 Å². The fourth-order valence-corrected chi connectivity index (χ4v) is 2.51. The molecule has 0 aliphatic rings. The Bertz CT molecular complexity index is 593. The quantitative estimate of drug-likeness (QED) is 0.742. The van der Waals surface area contributed by atoms with Crippen LogP contribution in [-0.4, -0.2) is 18.9 Å². The second-order valence-corrected chi connectivity index (χ2v) is 5.69. The Balaban J connectivity index is 2.09. The van der Waals surface area contributed by atoms with E-state index >= 15 is 0 Å². The third kappa shape index (κ3) is 5.44. The Morgan fingerprint density at radius 2 is 1.78 bits per heavy atom. The molecule has 0 aliphatic carbocycles. The molecule has 0 amide bonds. The summed E-state index contributed by atoms with van der Waals surface area (Å²) in [6.45, 7) is 2.11. The zero-order chi connectivity index (χ0) is 16.5. The molecule has 3 heteroatoms. The first kappa shape index (κ1) is 17.1. The van der Waals surface area contributed by atoms with Crippen LogP contribution in [0.15, 0.2) is 54.6 Å². The molecule has 122 valence electrons.